The molecule has 1 N–H and O–H groups in total. The van der Waals surface area contributed by atoms with Gasteiger partial charge < -0.3 is 10.2 Å². The summed E-state index contributed by atoms with van der Waals surface area (Å²) in [6, 6.07) is 8.14. The molecule has 1 atom stereocenters. The summed E-state index contributed by atoms with van der Waals surface area (Å²) in [6.45, 7) is 1.90. The molecule has 1 aliphatic heterocycles. The van der Waals surface area contributed by atoms with E-state index >= 15 is 0 Å². The Morgan fingerprint density at radius 3 is 2.67 bits per heavy atom. The van der Waals surface area contributed by atoms with E-state index in [1.807, 2.05) is 24.3 Å². The van der Waals surface area contributed by atoms with E-state index in [-0.39, 0.29) is 0 Å². The number of nitrogens with one attached hydrogen (secondary N) is 1. The van der Waals surface area contributed by atoms with Gasteiger partial charge in [0.2, 0.25) is 5.95 Å². The lowest BCUT2D eigenvalue weighted by molar-refractivity contribution is 0.798. The SMILES string of the molecule is c1ccc(NC2CCN(c3ncccn3)C2)nc1. The van der Waals surface area contributed by atoms with Crippen molar-refractivity contribution in [3.05, 3.63) is 42.9 Å². The van der Waals surface area contributed by atoms with Crippen molar-refractivity contribution in [2.75, 3.05) is 23.3 Å². The second-order valence-corrected chi connectivity index (χ2v) is 4.34. The second-order valence-electron chi connectivity index (χ2n) is 4.34. The zero-order valence-corrected chi connectivity index (χ0v) is 10.0. The normalized spacial score (nSPS) is 18.9. The van der Waals surface area contributed by atoms with Gasteiger partial charge in [0.15, 0.2) is 0 Å². The average molecular weight is 241 g/mol. The fourth-order valence-corrected chi connectivity index (χ4v) is 2.17. The number of rotatable bonds is 3. The molecule has 0 spiro atoms. The summed E-state index contributed by atoms with van der Waals surface area (Å²) in [5.41, 5.74) is 0. The number of nitrogens with zero attached hydrogens (tertiary/aromatic N) is 4. The van der Waals surface area contributed by atoms with E-state index < -0.39 is 0 Å². The first-order valence-corrected chi connectivity index (χ1v) is 6.11. The van der Waals surface area contributed by atoms with E-state index in [1.165, 1.54) is 0 Å². The highest BCUT2D eigenvalue weighted by molar-refractivity contribution is 5.38. The maximum absolute atomic E-state index is 4.28. The van der Waals surface area contributed by atoms with Crippen LogP contribution in [-0.4, -0.2) is 34.1 Å². The van der Waals surface area contributed by atoms with Crippen molar-refractivity contribution in [2.24, 2.45) is 0 Å². The van der Waals surface area contributed by atoms with Gasteiger partial charge in [0.25, 0.3) is 0 Å². The van der Waals surface area contributed by atoms with Crippen molar-refractivity contribution in [2.45, 2.75) is 12.5 Å². The maximum Gasteiger partial charge on any atom is 0.225 e. The van der Waals surface area contributed by atoms with Crippen LogP contribution in [0, 0.1) is 0 Å². The molecular formula is C13H15N5. The predicted molar refractivity (Wildman–Crippen MR) is 70.5 cm³/mol. The molecule has 1 saturated heterocycles. The van der Waals surface area contributed by atoms with E-state index in [0.717, 1.165) is 31.3 Å². The average Bonchev–Trinajstić information content (AvgIpc) is 2.89. The molecule has 0 aromatic carbocycles. The van der Waals surface area contributed by atoms with E-state index in [4.69, 9.17) is 0 Å². The van der Waals surface area contributed by atoms with Gasteiger partial charge in [-0.25, -0.2) is 15.0 Å². The van der Waals surface area contributed by atoms with Crippen LogP contribution < -0.4 is 10.2 Å². The summed E-state index contributed by atoms with van der Waals surface area (Å²) in [5.74, 6) is 1.74. The quantitative estimate of drug-likeness (QED) is 0.883. The number of pyridine rings is 1. The molecule has 0 aliphatic carbocycles. The molecule has 1 fully saturated rings. The van der Waals surface area contributed by atoms with E-state index in [0.29, 0.717) is 6.04 Å². The first-order chi connectivity index (χ1) is 8.92. The monoisotopic (exact) mass is 241 g/mol. The molecule has 92 valence electrons. The Bertz CT molecular complexity index is 487. The lowest BCUT2D eigenvalue weighted by Gasteiger charge is -2.16. The minimum Gasteiger partial charge on any atom is -0.365 e. The summed E-state index contributed by atoms with van der Waals surface area (Å²) in [6.07, 6.45) is 6.44. The van der Waals surface area contributed by atoms with Crippen molar-refractivity contribution in [3.8, 4) is 0 Å². The van der Waals surface area contributed by atoms with Crippen LogP contribution in [0.5, 0.6) is 0 Å². The van der Waals surface area contributed by atoms with Gasteiger partial charge in [-0.15, -0.1) is 0 Å². The fourth-order valence-electron chi connectivity index (χ4n) is 2.17. The Labute approximate surface area is 106 Å². The highest BCUT2D eigenvalue weighted by Crippen LogP contribution is 2.17. The molecule has 2 aromatic rings. The zero-order valence-electron chi connectivity index (χ0n) is 10.0. The number of hydrogen-bond donors (Lipinski definition) is 1. The molecule has 0 amide bonds. The lowest BCUT2D eigenvalue weighted by Crippen LogP contribution is -2.27. The van der Waals surface area contributed by atoms with Crippen molar-refractivity contribution in [1.82, 2.24) is 15.0 Å². The third kappa shape index (κ3) is 2.40. The van der Waals surface area contributed by atoms with Gasteiger partial charge in [-0.05, 0) is 24.6 Å². The zero-order chi connectivity index (χ0) is 12.2. The van der Waals surface area contributed by atoms with Gasteiger partial charge in [-0.2, -0.15) is 0 Å². The Kier molecular flexibility index (Phi) is 3.04. The molecule has 18 heavy (non-hydrogen) atoms. The van der Waals surface area contributed by atoms with Crippen LogP contribution in [0.3, 0.4) is 0 Å². The highest BCUT2D eigenvalue weighted by atomic mass is 15.3. The van der Waals surface area contributed by atoms with E-state index in [2.05, 4.69) is 25.2 Å². The molecule has 3 rings (SSSR count). The molecule has 0 bridgehead atoms. The molecule has 3 heterocycles. The summed E-state index contributed by atoms with van der Waals surface area (Å²) in [4.78, 5) is 15.0. The van der Waals surface area contributed by atoms with E-state index in [9.17, 15) is 0 Å². The lowest BCUT2D eigenvalue weighted by atomic mass is 10.2. The molecular weight excluding hydrogens is 226 g/mol. The van der Waals surface area contributed by atoms with Crippen molar-refractivity contribution in [3.63, 3.8) is 0 Å². The number of hydrogen-bond acceptors (Lipinski definition) is 5. The third-order valence-corrected chi connectivity index (χ3v) is 3.04. The molecule has 5 heteroatoms. The summed E-state index contributed by atoms with van der Waals surface area (Å²) in [7, 11) is 0. The summed E-state index contributed by atoms with van der Waals surface area (Å²) >= 11 is 0. The second kappa shape index (κ2) is 5.00. The van der Waals surface area contributed by atoms with Gasteiger partial charge in [-0.1, -0.05) is 6.07 Å². The topological polar surface area (TPSA) is 53.9 Å². The molecule has 1 unspecified atom stereocenters. The molecule has 2 aromatic heterocycles. The number of anilines is 2. The van der Waals surface area contributed by atoms with Gasteiger partial charge in [0.1, 0.15) is 5.82 Å². The predicted octanol–water partition coefficient (Wildman–Crippen LogP) is 1.56. The van der Waals surface area contributed by atoms with E-state index in [1.54, 1.807) is 18.6 Å². The van der Waals surface area contributed by atoms with Crippen molar-refractivity contribution >= 4 is 11.8 Å². The molecule has 0 radical (unpaired) electrons. The smallest absolute Gasteiger partial charge is 0.225 e. The Hall–Kier alpha value is -2.17. The Balaban J connectivity index is 1.62. The molecule has 0 saturated carbocycles. The van der Waals surface area contributed by atoms with Crippen molar-refractivity contribution in [1.29, 1.82) is 0 Å². The first-order valence-electron chi connectivity index (χ1n) is 6.11. The van der Waals surface area contributed by atoms with Crippen LogP contribution in [0.4, 0.5) is 11.8 Å². The van der Waals surface area contributed by atoms with Crippen LogP contribution in [0.2, 0.25) is 0 Å². The largest absolute Gasteiger partial charge is 0.365 e. The van der Waals surface area contributed by atoms with Crippen LogP contribution in [-0.2, 0) is 0 Å². The Morgan fingerprint density at radius 2 is 1.89 bits per heavy atom. The fraction of sp³-hybridized carbons (Fsp3) is 0.308. The maximum atomic E-state index is 4.28. The number of aromatic nitrogens is 3. The van der Waals surface area contributed by atoms with Crippen LogP contribution in [0.15, 0.2) is 42.9 Å². The van der Waals surface area contributed by atoms with Gasteiger partial charge in [-0.3, -0.25) is 0 Å². The highest BCUT2D eigenvalue weighted by Gasteiger charge is 2.24. The first kappa shape index (κ1) is 11.0. The van der Waals surface area contributed by atoms with Crippen LogP contribution in [0.25, 0.3) is 0 Å². The molecule has 5 nitrogen and oxygen atoms in total. The standard InChI is InChI=1S/C13H15N5/c1-2-6-14-12(4-1)17-11-5-9-18(10-11)13-15-7-3-8-16-13/h1-4,6-8,11H,5,9-10H2,(H,14,17). The third-order valence-electron chi connectivity index (χ3n) is 3.04. The van der Waals surface area contributed by atoms with Crippen LogP contribution >= 0.6 is 0 Å². The summed E-state index contributed by atoms with van der Waals surface area (Å²) in [5, 5.41) is 3.43. The van der Waals surface area contributed by atoms with Gasteiger partial charge >= 0.3 is 0 Å². The molecule has 1 aliphatic rings. The van der Waals surface area contributed by atoms with Gasteiger partial charge in [0, 0.05) is 37.7 Å². The minimum atomic E-state index is 0.406. The van der Waals surface area contributed by atoms with Crippen LogP contribution in [0.1, 0.15) is 6.42 Å². The van der Waals surface area contributed by atoms with Gasteiger partial charge in [0.05, 0.1) is 0 Å². The Morgan fingerprint density at radius 1 is 1.06 bits per heavy atom. The summed E-state index contributed by atoms with van der Waals surface area (Å²) < 4.78 is 0. The minimum absolute atomic E-state index is 0.406. The van der Waals surface area contributed by atoms with Crippen molar-refractivity contribution < 1.29 is 0 Å².